The van der Waals surface area contributed by atoms with Crippen molar-refractivity contribution in [3.05, 3.63) is 45.7 Å². The molecule has 4 heteroatoms. The van der Waals surface area contributed by atoms with Gasteiger partial charge in [-0.2, -0.15) is 0 Å². The first-order chi connectivity index (χ1) is 11.5. The minimum absolute atomic E-state index is 0.0469. The highest BCUT2D eigenvalue weighted by atomic mass is 16.1. The summed E-state index contributed by atoms with van der Waals surface area (Å²) in [4.78, 5) is 20.5. The Hall–Kier alpha value is -1.65. The van der Waals surface area contributed by atoms with Gasteiger partial charge < -0.3 is 4.98 Å². The van der Waals surface area contributed by atoms with Crippen LogP contribution in [-0.4, -0.2) is 46.5 Å². The summed E-state index contributed by atoms with van der Waals surface area (Å²) in [6, 6.07) is 9.40. The molecule has 1 saturated heterocycles. The van der Waals surface area contributed by atoms with E-state index >= 15 is 0 Å². The molecule has 1 atom stereocenters. The van der Waals surface area contributed by atoms with E-state index in [4.69, 9.17) is 0 Å². The molecule has 1 aliphatic heterocycles. The lowest BCUT2D eigenvalue weighted by atomic mass is 10.1. The maximum absolute atomic E-state index is 12.4. The third-order valence-corrected chi connectivity index (χ3v) is 5.22. The van der Waals surface area contributed by atoms with Crippen LogP contribution < -0.4 is 5.56 Å². The van der Waals surface area contributed by atoms with Crippen LogP contribution >= 0.6 is 0 Å². The van der Waals surface area contributed by atoms with Gasteiger partial charge in [0.15, 0.2) is 0 Å². The number of nitrogens with zero attached hydrogens (tertiary/aromatic N) is 2. The SMILES string of the molecule is CC[C@@H]1CN(Cc2cc3cc(C)ccc3[nH]c2=O)CCN1C(C)C. The van der Waals surface area contributed by atoms with E-state index in [1.54, 1.807) is 0 Å². The Kier molecular flexibility index (Phi) is 5.07. The largest absolute Gasteiger partial charge is 0.322 e. The molecule has 1 N–H and O–H groups in total. The molecule has 0 bridgehead atoms. The van der Waals surface area contributed by atoms with E-state index in [0.29, 0.717) is 12.1 Å². The van der Waals surface area contributed by atoms with Crippen molar-refractivity contribution in [3.63, 3.8) is 0 Å². The van der Waals surface area contributed by atoms with Crippen LogP contribution in [0.1, 0.15) is 38.3 Å². The number of nitrogens with one attached hydrogen (secondary N) is 1. The van der Waals surface area contributed by atoms with Crippen molar-refractivity contribution in [1.29, 1.82) is 0 Å². The first-order valence-electron chi connectivity index (χ1n) is 9.08. The fourth-order valence-electron chi connectivity index (χ4n) is 3.85. The lowest BCUT2D eigenvalue weighted by Gasteiger charge is -2.43. The number of fused-ring (bicyclic) bond motifs is 1. The molecule has 130 valence electrons. The number of benzene rings is 1. The molecule has 3 rings (SSSR count). The molecule has 2 aromatic rings. The zero-order valence-corrected chi connectivity index (χ0v) is 15.3. The van der Waals surface area contributed by atoms with Gasteiger partial charge in [-0.3, -0.25) is 14.6 Å². The predicted molar refractivity (Wildman–Crippen MR) is 101 cm³/mol. The summed E-state index contributed by atoms with van der Waals surface area (Å²) in [6.45, 7) is 12.8. The summed E-state index contributed by atoms with van der Waals surface area (Å²) in [5, 5.41) is 1.12. The molecular formula is C20H29N3O. The Morgan fingerprint density at radius 3 is 2.75 bits per heavy atom. The van der Waals surface area contributed by atoms with E-state index < -0.39 is 0 Å². The Labute approximate surface area is 144 Å². The number of hydrogen-bond donors (Lipinski definition) is 1. The van der Waals surface area contributed by atoms with Gasteiger partial charge in [0.25, 0.3) is 5.56 Å². The molecule has 0 amide bonds. The van der Waals surface area contributed by atoms with Gasteiger partial charge >= 0.3 is 0 Å². The van der Waals surface area contributed by atoms with Gasteiger partial charge in [-0.05, 0) is 50.8 Å². The number of aromatic nitrogens is 1. The Bertz CT molecular complexity index is 765. The normalized spacial score (nSPS) is 20.1. The van der Waals surface area contributed by atoms with Gasteiger partial charge in [-0.15, -0.1) is 0 Å². The van der Waals surface area contributed by atoms with Gasteiger partial charge in [0.1, 0.15) is 0 Å². The van der Waals surface area contributed by atoms with Crippen molar-refractivity contribution in [1.82, 2.24) is 14.8 Å². The van der Waals surface area contributed by atoms with E-state index in [1.165, 1.54) is 5.56 Å². The van der Waals surface area contributed by atoms with Crippen LogP contribution in [0.15, 0.2) is 29.1 Å². The summed E-state index contributed by atoms with van der Waals surface area (Å²) in [7, 11) is 0. The number of aryl methyl sites for hydroxylation is 1. The van der Waals surface area contributed by atoms with Gasteiger partial charge in [-0.25, -0.2) is 0 Å². The topological polar surface area (TPSA) is 39.3 Å². The summed E-state index contributed by atoms with van der Waals surface area (Å²) in [6.07, 6.45) is 1.15. The van der Waals surface area contributed by atoms with Crippen molar-refractivity contribution in [2.24, 2.45) is 0 Å². The quantitative estimate of drug-likeness (QED) is 0.938. The fraction of sp³-hybridized carbons (Fsp3) is 0.550. The number of H-pyrrole nitrogens is 1. The van der Waals surface area contributed by atoms with E-state index in [-0.39, 0.29) is 5.56 Å². The Morgan fingerprint density at radius 2 is 2.04 bits per heavy atom. The van der Waals surface area contributed by atoms with Crippen molar-refractivity contribution in [2.75, 3.05) is 19.6 Å². The molecule has 1 aromatic heterocycles. The van der Waals surface area contributed by atoms with Crippen molar-refractivity contribution in [3.8, 4) is 0 Å². The smallest absolute Gasteiger partial charge is 0.252 e. The zero-order valence-electron chi connectivity index (χ0n) is 15.3. The molecule has 0 spiro atoms. The maximum Gasteiger partial charge on any atom is 0.252 e. The maximum atomic E-state index is 12.4. The van der Waals surface area contributed by atoms with Crippen molar-refractivity contribution < 1.29 is 0 Å². The number of hydrogen-bond acceptors (Lipinski definition) is 3. The number of rotatable bonds is 4. The lowest BCUT2D eigenvalue weighted by Crippen LogP contribution is -2.54. The van der Waals surface area contributed by atoms with Gasteiger partial charge in [0.05, 0.1) is 0 Å². The van der Waals surface area contributed by atoms with Crippen molar-refractivity contribution in [2.45, 2.75) is 52.7 Å². The number of piperazine rings is 1. The average molecular weight is 327 g/mol. The molecule has 0 radical (unpaired) electrons. The Morgan fingerprint density at radius 1 is 1.25 bits per heavy atom. The van der Waals surface area contributed by atoms with E-state index in [2.05, 4.69) is 54.6 Å². The highest BCUT2D eigenvalue weighted by Gasteiger charge is 2.27. The van der Waals surface area contributed by atoms with Crippen LogP contribution in [0.2, 0.25) is 0 Å². The fourth-order valence-corrected chi connectivity index (χ4v) is 3.85. The molecular weight excluding hydrogens is 298 g/mol. The number of pyridine rings is 1. The van der Waals surface area contributed by atoms with Crippen LogP contribution in [-0.2, 0) is 6.54 Å². The second-order valence-corrected chi connectivity index (χ2v) is 7.34. The van der Waals surface area contributed by atoms with Crippen LogP contribution in [0, 0.1) is 6.92 Å². The third-order valence-electron chi connectivity index (χ3n) is 5.22. The first-order valence-corrected chi connectivity index (χ1v) is 9.08. The van der Waals surface area contributed by atoms with Crippen LogP contribution in [0.25, 0.3) is 10.9 Å². The first kappa shape index (κ1) is 17.2. The minimum Gasteiger partial charge on any atom is -0.322 e. The molecule has 2 heterocycles. The van der Waals surface area contributed by atoms with Gasteiger partial charge in [-0.1, -0.05) is 18.6 Å². The van der Waals surface area contributed by atoms with Crippen molar-refractivity contribution >= 4 is 10.9 Å². The monoisotopic (exact) mass is 327 g/mol. The summed E-state index contributed by atoms with van der Waals surface area (Å²) in [5.41, 5.74) is 3.06. The van der Waals surface area contributed by atoms with Crippen LogP contribution in [0.3, 0.4) is 0 Å². The zero-order chi connectivity index (χ0) is 17.3. The summed E-state index contributed by atoms with van der Waals surface area (Å²) < 4.78 is 0. The molecule has 4 nitrogen and oxygen atoms in total. The molecule has 0 saturated carbocycles. The molecule has 24 heavy (non-hydrogen) atoms. The molecule has 1 aromatic carbocycles. The second kappa shape index (κ2) is 7.08. The Balaban J connectivity index is 1.80. The van der Waals surface area contributed by atoms with E-state index in [9.17, 15) is 4.79 Å². The molecule has 1 aliphatic rings. The lowest BCUT2D eigenvalue weighted by molar-refractivity contribution is 0.0455. The minimum atomic E-state index is 0.0469. The highest BCUT2D eigenvalue weighted by Crippen LogP contribution is 2.18. The van der Waals surface area contributed by atoms with Gasteiger partial charge in [0, 0.05) is 49.3 Å². The summed E-state index contributed by atoms with van der Waals surface area (Å²) >= 11 is 0. The average Bonchev–Trinajstić information content (AvgIpc) is 2.55. The summed E-state index contributed by atoms with van der Waals surface area (Å²) in [5.74, 6) is 0. The third kappa shape index (κ3) is 3.55. The second-order valence-electron chi connectivity index (χ2n) is 7.34. The number of aromatic amines is 1. The van der Waals surface area contributed by atoms with Crippen LogP contribution in [0.4, 0.5) is 0 Å². The van der Waals surface area contributed by atoms with Crippen LogP contribution in [0.5, 0.6) is 0 Å². The predicted octanol–water partition coefficient (Wildman–Crippen LogP) is 3.14. The highest BCUT2D eigenvalue weighted by molar-refractivity contribution is 5.79. The standard InChI is InChI=1S/C20H29N3O/c1-5-18-13-22(8-9-23(18)14(2)3)12-17-11-16-10-15(4)6-7-19(16)21-20(17)24/h6-7,10-11,14,18H,5,8-9,12-13H2,1-4H3,(H,21,24)/t18-/m1/s1. The molecule has 0 unspecified atom stereocenters. The van der Waals surface area contributed by atoms with Gasteiger partial charge in [0.2, 0.25) is 0 Å². The van der Waals surface area contributed by atoms with E-state index in [0.717, 1.165) is 49.1 Å². The molecule has 1 fully saturated rings. The molecule has 0 aliphatic carbocycles. The van der Waals surface area contributed by atoms with E-state index in [1.807, 2.05) is 12.1 Å².